The lowest BCUT2D eigenvalue weighted by Crippen LogP contribution is -2.00. The summed E-state index contributed by atoms with van der Waals surface area (Å²) >= 11 is 1.25. The van der Waals surface area contributed by atoms with E-state index in [0.717, 1.165) is 11.8 Å². The predicted molar refractivity (Wildman–Crippen MR) is 95.0 cm³/mol. The van der Waals surface area contributed by atoms with Gasteiger partial charge in [0.25, 0.3) is 0 Å². The van der Waals surface area contributed by atoms with Crippen LogP contribution in [0.1, 0.15) is 5.56 Å². The van der Waals surface area contributed by atoms with Crippen LogP contribution in [0.5, 0.6) is 5.75 Å². The molecule has 0 saturated heterocycles. The molecule has 0 radical (unpaired) electrons. The van der Waals surface area contributed by atoms with Gasteiger partial charge in [0.2, 0.25) is 5.16 Å². The Kier molecular flexibility index (Phi) is 5.26. The van der Waals surface area contributed by atoms with Gasteiger partial charge in [-0.25, -0.2) is 0 Å². The summed E-state index contributed by atoms with van der Waals surface area (Å²) in [5, 5.41) is 33.9. The van der Waals surface area contributed by atoms with Gasteiger partial charge in [-0.05, 0) is 40.3 Å². The molecular formula is C15H12N6O5S. The molecule has 0 N–H and O–H groups in total. The largest absolute Gasteiger partial charge is 0.497 e. The lowest BCUT2D eigenvalue weighted by Gasteiger charge is -2.06. The third kappa shape index (κ3) is 4.00. The second-order valence-electron chi connectivity index (χ2n) is 5.20. The standard InChI is InChI=1S/C15H12N6O5S/c1-26-12-5-3-11(4-6-12)19-15(16-17-18-19)27-9-10-2-7-13(20(22)23)14(8-10)21(24)25/h2-8H,9H2,1H3. The maximum Gasteiger partial charge on any atom is 0.346 e. The number of ether oxygens (including phenoxy) is 1. The molecule has 138 valence electrons. The number of aromatic nitrogens is 4. The minimum absolute atomic E-state index is 0.301. The molecule has 1 heterocycles. The monoisotopic (exact) mass is 388 g/mol. The summed E-state index contributed by atoms with van der Waals surface area (Å²) in [4.78, 5) is 20.4. The molecule has 0 spiro atoms. The Morgan fingerprint density at radius 2 is 1.78 bits per heavy atom. The SMILES string of the molecule is COc1ccc(-n2nnnc2SCc2ccc([N+](=O)[O-])c([N+](=O)[O-])c2)cc1. The van der Waals surface area contributed by atoms with Gasteiger partial charge in [-0.3, -0.25) is 20.2 Å². The molecule has 0 aliphatic rings. The van der Waals surface area contributed by atoms with Crippen LogP contribution < -0.4 is 4.74 Å². The van der Waals surface area contributed by atoms with Crippen molar-refractivity contribution in [1.29, 1.82) is 0 Å². The number of hydrogen-bond donors (Lipinski definition) is 0. The minimum Gasteiger partial charge on any atom is -0.497 e. The molecule has 0 saturated carbocycles. The van der Waals surface area contributed by atoms with E-state index in [0.29, 0.717) is 22.2 Å². The Hall–Kier alpha value is -3.54. The quantitative estimate of drug-likeness (QED) is 0.339. The molecule has 0 fully saturated rings. The van der Waals surface area contributed by atoms with Crippen LogP contribution in [0, 0.1) is 20.2 Å². The number of hydrogen-bond acceptors (Lipinski definition) is 9. The van der Waals surface area contributed by atoms with Crippen LogP contribution in [0.4, 0.5) is 11.4 Å². The fraction of sp³-hybridized carbons (Fsp3) is 0.133. The summed E-state index contributed by atoms with van der Waals surface area (Å²) in [5.41, 5.74) is 0.171. The second kappa shape index (κ2) is 7.78. The zero-order chi connectivity index (χ0) is 19.4. The summed E-state index contributed by atoms with van der Waals surface area (Å²) in [6, 6.07) is 10.9. The van der Waals surface area contributed by atoms with Crippen molar-refractivity contribution in [3.63, 3.8) is 0 Å². The number of methoxy groups -OCH3 is 1. The number of thioether (sulfide) groups is 1. The molecule has 1 aromatic heterocycles. The molecule has 27 heavy (non-hydrogen) atoms. The molecule has 2 aromatic carbocycles. The van der Waals surface area contributed by atoms with Crippen molar-refractivity contribution in [2.24, 2.45) is 0 Å². The summed E-state index contributed by atoms with van der Waals surface area (Å²) in [7, 11) is 1.57. The van der Waals surface area contributed by atoms with Crippen LogP contribution in [-0.4, -0.2) is 37.2 Å². The van der Waals surface area contributed by atoms with E-state index in [1.165, 1.54) is 28.6 Å². The van der Waals surface area contributed by atoms with E-state index in [2.05, 4.69) is 15.5 Å². The van der Waals surface area contributed by atoms with Crippen LogP contribution in [0.25, 0.3) is 5.69 Å². The maximum absolute atomic E-state index is 11.1. The van der Waals surface area contributed by atoms with E-state index in [-0.39, 0.29) is 0 Å². The van der Waals surface area contributed by atoms with Gasteiger partial charge in [0.05, 0.1) is 22.6 Å². The van der Waals surface area contributed by atoms with Gasteiger partial charge < -0.3 is 4.74 Å². The number of tetrazole rings is 1. The number of rotatable bonds is 7. The topological polar surface area (TPSA) is 139 Å². The lowest BCUT2D eigenvalue weighted by atomic mass is 10.2. The summed E-state index contributed by atoms with van der Waals surface area (Å²) in [5.74, 6) is 0.995. The highest BCUT2D eigenvalue weighted by molar-refractivity contribution is 7.98. The molecule has 0 atom stereocenters. The Morgan fingerprint density at radius 3 is 2.41 bits per heavy atom. The van der Waals surface area contributed by atoms with Crippen LogP contribution >= 0.6 is 11.8 Å². The van der Waals surface area contributed by atoms with Crippen LogP contribution in [-0.2, 0) is 5.75 Å². The number of nitro benzene ring substituents is 2. The van der Waals surface area contributed by atoms with E-state index in [9.17, 15) is 20.2 Å². The molecule has 0 unspecified atom stereocenters. The van der Waals surface area contributed by atoms with E-state index in [1.54, 1.807) is 31.4 Å². The zero-order valence-corrected chi connectivity index (χ0v) is 14.7. The normalized spacial score (nSPS) is 10.6. The average molecular weight is 388 g/mol. The third-order valence-corrected chi connectivity index (χ3v) is 4.55. The first-order valence-corrected chi connectivity index (χ1v) is 8.45. The summed E-state index contributed by atoms with van der Waals surface area (Å²) < 4.78 is 6.63. The first-order chi connectivity index (χ1) is 13.0. The zero-order valence-electron chi connectivity index (χ0n) is 13.9. The van der Waals surface area contributed by atoms with Crippen molar-refractivity contribution in [1.82, 2.24) is 20.2 Å². The molecular weight excluding hydrogens is 376 g/mol. The summed E-state index contributed by atoms with van der Waals surface area (Å²) in [6.07, 6.45) is 0. The molecule has 3 aromatic rings. The molecule has 3 rings (SSSR count). The van der Waals surface area contributed by atoms with Crippen molar-refractivity contribution < 1.29 is 14.6 Å². The molecule has 0 aliphatic heterocycles. The number of nitro groups is 2. The van der Waals surface area contributed by atoms with Gasteiger partial charge in [0.1, 0.15) is 5.75 Å². The first kappa shape index (κ1) is 18.3. The van der Waals surface area contributed by atoms with Crippen molar-refractivity contribution in [3.8, 4) is 11.4 Å². The van der Waals surface area contributed by atoms with E-state index in [4.69, 9.17) is 4.74 Å². The van der Waals surface area contributed by atoms with Gasteiger partial charge in [-0.2, -0.15) is 4.68 Å². The third-order valence-electron chi connectivity index (χ3n) is 3.56. The Balaban J connectivity index is 1.80. The van der Waals surface area contributed by atoms with Crippen molar-refractivity contribution in [2.75, 3.05) is 7.11 Å². The van der Waals surface area contributed by atoms with Crippen molar-refractivity contribution in [3.05, 3.63) is 68.3 Å². The van der Waals surface area contributed by atoms with E-state index < -0.39 is 21.2 Å². The smallest absolute Gasteiger partial charge is 0.346 e. The van der Waals surface area contributed by atoms with Gasteiger partial charge in [-0.15, -0.1) is 5.10 Å². The maximum atomic E-state index is 11.1. The van der Waals surface area contributed by atoms with E-state index in [1.807, 2.05) is 0 Å². The van der Waals surface area contributed by atoms with Crippen LogP contribution in [0.2, 0.25) is 0 Å². The lowest BCUT2D eigenvalue weighted by molar-refractivity contribution is -0.422. The first-order valence-electron chi connectivity index (χ1n) is 7.47. The van der Waals surface area contributed by atoms with Crippen molar-refractivity contribution >= 4 is 23.1 Å². The molecule has 12 heteroatoms. The van der Waals surface area contributed by atoms with Crippen LogP contribution in [0.3, 0.4) is 0 Å². The second-order valence-corrected chi connectivity index (χ2v) is 6.14. The minimum atomic E-state index is -0.778. The molecule has 0 bridgehead atoms. The Labute approximate surface area is 156 Å². The van der Waals surface area contributed by atoms with Gasteiger partial charge in [0.15, 0.2) is 0 Å². The van der Waals surface area contributed by atoms with Crippen molar-refractivity contribution in [2.45, 2.75) is 10.9 Å². The molecule has 0 aliphatic carbocycles. The van der Waals surface area contributed by atoms with Gasteiger partial charge in [-0.1, -0.05) is 17.8 Å². The Morgan fingerprint density at radius 1 is 1.07 bits per heavy atom. The van der Waals surface area contributed by atoms with Crippen LogP contribution in [0.15, 0.2) is 47.6 Å². The highest BCUT2D eigenvalue weighted by atomic mass is 32.2. The predicted octanol–water partition coefficient (Wildman–Crippen LogP) is 2.78. The van der Waals surface area contributed by atoms with Gasteiger partial charge >= 0.3 is 11.4 Å². The van der Waals surface area contributed by atoms with Gasteiger partial charge in [0, 0.05) is 17.9 Å². The highest BCUT2D eigenvalue weighted by Crippen LogP contribution is 2.30. The number of benzene rings is 2. The fourth-order valence-electron chi connectivity index (χ4n) is 2.26. The number of nitrogens with zero attached hydrogens (tertiary/aromatic N) is 6. The molecule has 11 nitrogen and oxygen atoms in total. The average Bonchev–Trinajstić information content (AvgIpc) is 3.14. The Bertz CT molecular complexity index is 991. The van der Waals surface area contributed by atoms with E-state index >= 15 is 0 Å². The fourth-order valence-corrected chi connectivity index (χ4v) is 3.10. The molecule has 0 amide bonds. The highest BCUT2D eigenvalue weighted by Gasteiger charge is 2.24. The summed E-state index contributed by atoms with van der Waals surface area (Å²) in [6.45, 7) is 0.